The fourth-order valence-electron chi connectivity index (χ4n) is 2.64. The van der Waals surface area contributed by atoms with E-state index in [2.05, 4.69) is 10.3 Å². The highest BCUT2D eigenvalue weighted by atomic mass is 35.5. The maximum atomic E-state index is 12.6. The summed E-state index contributed by atoms with van der Waals surface area (Å²) < 4.78 is 1.90. The first-order valence-corrected chi connectivity index (χ1v) is 8.55. The number of imidazole rings is 1. The minimum Gasteiger partial charge on any atom is -0.342 e. The van der Waals surface area contributed by atoms with E-state index in [0.717, 1.165) is 17.0 Å². The predicted molar refractivity (Wildman–Crippen MR) is 99.8 cm³/mol. The van der Waals surface area contributed by atoms with Crippen molar-refractivity contribution in [1.82, 2.24) is 14.9 Å². The molecular formula is C19H17Cl2N3O. The van der Waals surface area contributed by atoms with Gasteiger partial charge in [-0.3, -0.25) is 4.79 Å². The Balaban J connectivity index is 1.81. The summed E-state index contributed by atoms with van der Waals surface area (Å²) >= 11 is 11.9. The molecule has 0 aliphatic rings. The molecule has 0 fully saturated rings. The van der Waals surface area contributed by atoms with Gasteiger partial charge in [0, 0.05) is 19.4 Å². The van der Waals surface area contributed by atoms with E-state index in [9.17, 15) is 4.79 Å². The Morgan fingerprint density at radius 2 is 1.92 bits per heavy atom. The van der Waals surface area contributed by atoms with Crippen LogP contribution in [0.15, 0.2) is 60.9 Å². The molecule has 0 unspecified atom stereocenters. The zero-order valence-electron chi connectivity index (χ0n) is 13.6. The molecule has 0 aliphatic carbocycles. The Labute approximate surface area is 156 Å². The molecule has 0 saturated carbocycles. The van der Waals surface area contributed by atoms with Gasteiger partial charge in [0.2, 0.25) is 5.91 Å². The molecule has 1 amide bonds. The van der Waals surface area contributed by atoms with Crippen molar-refractivity contribution in [2.24, 2.45) is 7.05 Å². The minimum atomic E-state index is -0.323. The molecular weight excluding hydrogens is 357 g/mol. The van der Waals surface area contributed by atoms with Crippen molar-refractivity contribution >= 4 is 29.1 Å². The van der Waals surface area contributed by atoms with E-state index in [1.807, 2.05) is 48.1 Å². The first kappa shape index (κ1) is 17.5. The normalized spacial score (nSPS) is 12.0. The number of rotatable bonds is 5. The maximum absolute atomic E-state index is 12.6. The van der Waals surface area contributed by atoms with Crippen molar-refractivity contribution in [3.05, 3.63) is 87.9 Å². The van der Waals surface area contributed by atoms with E-state index in [0.29, 0.717) is 10.0 Å². The number of nitrogens with zero attached hydrogens (tertiary/aromatic N) is 2. The second-order valence-electron chi connectivity index (χ2n) is 5.73. The summed E-state index contributed by atoms with van der Waals surface area (Å²) in [6, 6.07) is 14.6. The number of hydrogen-bond acceptors (Lipinski definition) is 2. The van der Waals surface area contributed by atoms with E-state index < -0.39 is 0 Å². The molecule has 0 spiro atoms. The van der Waals surface area contributed by atoms with Crippen LogP contribution in [0.25, 0.3) is 0 Å². The summed E-state index contributed by atoms with van der Waals surface area (Å²) in [5, 5.41) is 3.97. The molecule has 128 valence electrons. The highest BCUT2D eigenvalue weighted by Crippen LogP contribution is 2.24. The summed E-state index contributed by atoms with van der Waals surface area (Å²) in [5.41, 5.74) is 1.78. The number of amides is 1. The monoisotopic (exact) mass is 373 g/mol. The molecule has 1 heterocycles. The predicted octanol–water partition coefficient (Wildman–Crippen LogP) is 4.18. The molecule has 0 aliphatic heterocycles. The van der Waals surface area contributed by atoms with Gasteiger partial charge in [-0.15, -0.1) is 0 Å². The summed E-state index contributed by atoms with van der Waals surface area (Å²) in [6.07, 6.45) is 3.79. The number of nitrogens with one attached hydrogen (secondary N) is 1. The third kappa shape index (κ3) is 4.21. The van der Waals surface area contributed by atoms with Gasteiger partial charge in [-0.2, -0.15) is 0 Å². The molecule has 0 saturated heterocycles. The van der Waals surface area contributed by atoms with Gasteiger partial charge >= 0.3 is 0 Å². The van der Waals surface area contributed by atoms with Crippen LogP contribution in [0.4, 0.5) is 0 Å². The number of halogens is 2. The third-order valence-corrected chi connectivity index (χ3v) is 4.64. The zero-order valence-corrected chi connectivity index (χ0v) is 15.1. The van der Waals surface area contributed by atoms with Crippen molar-refractivity contribution in [1.29, 1.82) is 0 Å². The first-order chi connectivity index (χ1) is 12.0. The second kappa shape index (κ2) is 7.72. The van der Waals surface area contributed by atoms with Crippen LogP contribution in [0, 0.1) is 0 Å². The van der Waals surface area contributed by atoms with Crippen molar-refractivity contribution in [2.75, 3.05) is 0 Å². The Hall–Kier alpha value is -2.30. The van der Waals surface area contributed by atoms with Gasteiger partial charge in [0.1, 0.15) is 11.9 Å². The number of benzene rings is 2. The van der Waals surface area contributed by atoms with Gasteiger partial charge in [0.05, 0.1) is 16.5 Å². The quantitative estimate of drug-likeness (QED) is 0.729. The minimum absolute atomic E-state index is 0.116. The lowest BCUT2D eigenvalue weighted by Crippen LogP contribution is -2.32. The number of aromatic nitrogens is 2. The standard InChI is InChI=1S/C19H17Cl2N3O/c1-24-10-9-22-19(24)18(14-5-3-2-4-6-14)23-17(25)12-13-7-8-15(20)16(21)11-13/h2-11,18H,12H2,1H3,(H,23,25)/t18-/m1/s1. The van der Waals surface area contributed by atoms with Crippen molar-refractivity contribution < 1.29 is 4.79 Å². The lowest BCUT2D eigenvalue weighted by atomic mass is 10.1. The Bertz CT molecular complexity index is 877. The molecule has 0 bridgehead atoms. The first-order valence-electron chi connectivity index (χ1n) is 7.80. The average molecular weight is 374 g/mol. The topological polar surface area (TPSA) is 46.9 Å². The average Bonchev–Trinajstić information content (AvgIpc) is 3.03. The largest absolute Gasteiger partial charge is 0.342 e. The Kier molecular flexibility index (Phi) is 5.41. The Morgan fingerprint density at radius 3 is 2.56 bits per heavy atom. The maximum Gasteiger partial charge on any atom is 0.225 e. The van der Waals surface area contributed by atoms with Gasteiger partial charge in [0.15, 0.2) is 0 Å². The van der Waals surface area contributed by atoms with Crippen LogP contribution >= 0.6 is 23.2 Å². The third-order valence-electron chi connectivity index (χ3n) is 3.90. The summed E-state index contributed by atoms with van der Waals surface area (Å²) in [6.45, 7) is 0. The van der Waals surface area contributed by atoms with E-state index in [4.69, 9.17) is 23.2 Å². The van der Waals surface area contributed by atoms with Gasteiger partial charge < -0.3 is 9.88 Å². The van der Waals surface area contributed by atoms with E-state index in [-0.39, 0.29) is 18.4 Å². The number of hydrogen-bond donors (Lipinski definition) is 1. The molecule has 6 heteroatoms. The zero-order chi connectivity index (χ0) is 17.8. The van der Waals surface area contributed by atoms with E-state index in [1.54, 1.807) is 24.4 Å². The van der Waals surface area contributed by atoms with E-state index >= 15 is 0 Å². The highest BCUT2D eigenvalue weighted by Gasteiger charge is 2.20. The van der Waals surface area contributed by atoms with Gasteiger partial charge in [-0.1, -0.05) is 59.6 Å². The van der Waals surface area contributed by atoms with Crippen molar-refractivity contribution in [3.63, 3.8) is 0 Å². The molecule has 0 radical (unpaired) electrons. The van der Waals surface area contributed by atoms with Crippen LogP contribution in [0.3, 0.4) is 0 Å². The van der Waals surface area contributed by atoms with Crippen LogP contribution in [-0.2, 0) is 18.3 Å². The molecule has 1 atom stereocenters. The van der Waals surface area contributed by atoms with Crippen LogP contribution in [0.1, 0.15) is 23.0 Å². The Morgan fingerprint density at radius 1 is 1.16 bits per heavy atom. The highest BCUT2D eigenvalue weighted by molar-refractivity contribution is 6.42. The van der Waals surface area contributed by atoms with E-state index in [1.165, 1.54) is 0 Å². The van der Waals surface area contributed by atoms with Gasteiger partial charge in [0.25, 0.3) is 0 Å². The lowest BCUT2D eigenvalue weighted by molar-refractivity contribution is -0.121. The van der Waals surface area contributed by atoms with Gasteiger partial charge in [-0.25, -0.2) is 4.98 Å². The van der Waals surface area contributed by atoms with Crippen molar-refractivity contribution in [2.45, 2.75) is 12.5 Å². The molecule has 3 rings (SSSR count). The molecule has 1 N–H and O–H groups in total. The second-order valence-corrected chi connectivity index (χ2v) is 6.55. The van der Waals surface area contributed by atoms with Crippen LogP contribution in [-0.4, -0.2) is 15.5 Å². The molecule has 4 nitrogen and oxygen atoms in total. The van der Waals surface area contributed by atoms with Crippen LogP contribution < -0.4 is 5.32 Å². The smallest absolute Gasteiger partial charge is 0.225 e. The van der Waals surface area contributed by atoms with Crippen LogP contribution in [0.5, 0.6) is 0 Å². The van der Waals surface area contributed by atoms with Gasteiger partial charge in [-0.05, 0) is 23.3 Å². The SMILES string of the molecule is Cn1ccnc1[C@H](NC(=O)Cc1ccc(Cl)c(Cl)c1)c1ccccc1. The number of aryl methyl sites for hydroxylation is 1. The molecule has 1 aromatic heterocycles. The van der Waals surface area contributed by atoms with Crippen molar-refractivity contribution in [3.8, 4) is 0 Å². The fraction of sp³-hybridized carbons (Fsp3) is 0.158. The fourth-order valence-corrected chi connectivity index (χ4v) is 2.97. The molecule has 3 aromatic rings. The number of carbonyl (C=O) groups excluding carboxylic acids is 1. The lowest BCUT2D eigenvalue weighted by Gasteiger charge is -2.19. The number of carbonyl (C=O) groups is 1. The summed E-state index contributed by atoms with van der Waals surface area (Å²) in [4.78, 5) is 17.0. The van der Waals surface area contributed by atoms with Crippen LogP contribution in [0.2, 0.25) is 10.0 Å². The molecule has 25 heavy (non-hydrogen) atoms. The molecule has 2 aromatic carbocycles. The summed E-state index contributed by atoms with van der Waals surface area (Å²) in [5.74, 6) is 0.656. The summed E-state index contributed by atoms with van der Waals surface area (Å²) in [7, 11) is 1.91.